The van der Waals surface area contributed by atoms with Crippen molar-refractivity contribution in [1.29, 1.82) is 0 Å². The van der Waals surface area contributed by atoms with Gasteiger partial charge in [0.1, 0.15) is 0 Å². The first-order valence-corrected chi connectivity index (χ1v) is 5.48. The van der Waals surface area contributed by atoms with E-state index in [1.54, 1.807) is 0 Å². The van der Waals surface area contributed by atoms with Crippen molar-refractivity contribution < 1.29 is 5.11 Å². The van der Waals surface area contributed by atoms with Crippen LogP contribution in [0.3, 0.4) is 0 Å². The molecular formula is C11H14BrNO. The van der Waals surface area contributed by atoms with Gasteiger partial charge in [0.2, 0.25) is 0 Å². The molecular weight excluding hydrogens is 242 g/mol. The van der Waals surface area contributed by atoms with E-state index in [1.165, 1.54) is 0 Å². The maximum atomic E-state index is 9.68. The summed E-state index contributed by atoms with van der Waals surface area (Å²) in [5.41, 5.74) is 6.37. The Balaban J connectivity index is 2.21. The van der Waals surface area contributed by atoms with Crippen LogP contribution in [0.2, 0.25) is 0 Å². The largest absolute Gasteiger partial charge is 0.390 e. The zero-order chi connectivity index (χ0) is 10.4. The zero-order valence-corrected chi connectivity index (χ0v) is 9.71. The van der Waals surface area contributed by atoms with Gasteiger partial charge in [-0.2, -0.15) is 0 Å². The number of benzene rings is 1. The summed E-state index contributed by atoms with van der Waals surface area (Å²) in [6.07, 6.45) is 1.28. The fraction of sp³-hybridized carbons (Fsp3) is 0.455. The predicted molar refractivity (Wildman–Crippen MR) is 59.9 cm³/mol. The van der Waals surface area contributed by atoms with Crippen molar-refractivity contribution in [3.8, 4) is 0 Å². The molecule has 0 amide bonds. The van der Waals surface area contributed by atoms with E-state index in [9.17, 15) is 5.11 Å². The molecule has 0 aromatic heterocycles. The Labute approximate surface area is 92.3 Å². The average molecular weight is 256 g/mol. The van der Waals surface area contributed by atoms with Crippen molar-refractivity contribution in [3.05, 3.63) is 34.3 Å². The molecule has 1 aliphatic carbocycles. The summed E-state index contributed by atoms with van der Waals surface area (Å²) >= 11 is 3.38. The molecule has 0 atom stereocenters. The van der Waals surface area contributed by atoms with Crippen LogP contribution >= 0.6 is 15.9 Å². The second-order valence-corrected chi connectivity index (χ2v) is 5.43. The highest BCUT2D eigenvalue weighted by Crippen LogP contribution is 2.46. The molecule has 3 heteroatoms. The third kappa shape index (κ3) is 1.72. The van der Waals surface area contributed by atoms with E-state index in [-0.39, 0.29) is 5.54 Å². The van der Waals surface area contributed by atoms with Gasteiger partial charge in [-0.25, -0.2) is 0 Å². The molecule has 1 fully saturated rings. The van der Waals surface area contributed by atoms with E-state index in [0.29, 0.717) is 12.8 Å². The predicted octanol–water partition coefficient (Wildman–Crippen LogP) is 2.15. The fourth-order valence-electron chi connectivity index (χ4n) is 2.29. The van der Waals surface area contributed by atoms with Crippen molar-refractivity contribution in [1.82, 2.24) is 0 Å². The molecule has 3 N–H and O–H groups in total. The highest BCUT2D eigenvalue weighted by Gasteiger charge is 2.49. The Bertz CT molecular complexity index is 337. The Kier molecular flexibility index (Phi) is 2.21. The minimum absolute atomic E-state index is 0.329. The van der Waals surface area contributed by atoms with E-state index in [2.05, 4.69) is 15.9 Å². The average Bonchev–Trinajstić information content (AvgIpc) is 2.01. The van der Waals surface area contributed by atoms with E-state index < -0.39 is 5.60 Å². The summed E-state index contributed by atoms with van der Waals surface area (Å²) < 4.78 is 1.05. The minimum Gasteiger partial charge on any atom is -0.390 e. The molecule has 1 saturated carbocycles. The van der Waals surface area contributed by atoms with Crippen LogP contribution < -0.4 is 5.73 Å². The first-order chi connectivity index (χ1) is 6.41. The number of rotatable bonds is 1. The molecule has 76 valence electrons. The number of aliphatic hydroxyl groups is 1. The molecule has 2 rings (SSSR count). The lowest BCUT2D eigenvalue weighted by atomic mass is 9.63. The van der Waals surface area contributed by atoms with Gasteiger partial charge in [-0.15, -0.1) is 0 Å². The molecule has 0 unspecified atom stereocenters. The van der Waals surface area contributed by atoms with Gasteiger partial charge in [0.25, 0.3) is 0 Å². The van der Waals surface area contributed by atoms with Gasteiger partial charge in [-0.3, -0.25) is 0 Å². The summed E-state index contributed by atoms with van der Waals surface area (Å²) in [5, 5.41) is 9.68. The highest BCUT2D eigenvalue weighted by atomic mass is 79.9. The van der Waals surface area contributed by atoms with Gasteiger partial charge in [0.15, 0.2) is 0 Å². The molecule has 2 nitrogen and oxygen atoms in total. The lowest BCUT2D eigenvalue weighted by Crippen LogP contribution is -2.58. The standard InChI is InChI=1S/C11H14BrNO/c1-10(14)6-11(13,7-10)8-2-4-9(12)5-3-8/h2-5,14H,6-7,13H2,1H3/t10-,11+. The molecule has 0 bridgehead atoms. The van der Waals surface area contributed by atoms with Crippen LogP contribution in [0.15, 0.2) is 28.7 Å². The molecule has 0 spiro atoms. The lowest BCUT2D eigenvalue weighted by Gasteiger charge is -2.49. The fourth-order valence-corrected chi connectivity index (χ4v) is 2.56. The van der Waals surface area contributed by atoms with Crippen LogP contribution in [0.5, 0.6) is 0 Å². The third-order valence-corrected chi connectivity index (χ3v) is 3.34. The van der Waals surface area contributed by atoms with Crippen molar-refractivity contribution >= 4 is 15.9 Å². The summed E-state index contributed by atoms with van der Waals surface area (Å²) in [6, 6.07) is 7.99. The maximum Gasteiger partial charge on any atom is 0.0661 e. The molecule has 1 aliphatic rings. The number of halogens is 1. The van der Waals surface area contributed by atoms with Gasteiger partial charge < -0.3 is 10.8 Å². The minimum atomic E-state index is -0.582. The maximum absolute atomic E-state index is 9.68. The second kappa shape index (κ2) is 3.05. The van der Waals surface area contributed by atoms with Crippen LogP contribution in [0.4, 0.5) is 0 Å². The summed E-state index contributed by atoms with van der Waals surface area (Å²) in [6.45, 7) is 1.83. The molecule has 0 heterocycles. The zero-order valence-electron chi connectivity index (χ0n) is 8.13. The summed E-state index contributed by atoms with van der Waals surface area (Å²) in [4.78, 5) is 0. The molecule has 1 aromatic rings. The van der Waals surface area contributed by atoms with Crippen LogP contribution in [-0.2, 0) is 5.54 Å². The van der Waals surface area contributed by atoms with Crippen molar-refractivity contribution in [3.63, 3.8) is 0 Å². The van der Waals surface area contributed by atoms with Gasteiger partial charge >= 0.3 is 0 Å². The first-order valence-electron chi connectivity index (χ1n) is 4.69. The third-order valence-electron chi connectivity index (χ3n) is 2.81. The van der Waals surface area contributed by atoms with E-state index in [4.69, 9.17) is 5.73 Å². The molecule has 1 aromatic carbocycles. The molecule has 0 aliphatic heterocycles. The molecule has 0 saturated heterocycles. The summed E-state index contributed by atoms with van der Waals surface area (Å²) in [5.74, 6) is 0. The van der Waals surface area contributed by atoms with Crippen LogP contribution in [-0.4, -0.2) is 10.7 Å². The van der Waals surface area contributed by atoms with Crippen LogP contribution in [0, 0.1) is 0 Å². The molecule has 14 heavy (non-hydrogen) atoms. The smallest absolute Gasteiger partial charge is 0.0661 e. The number of hydrogen-bond donors (Lipinski definition) is 2. The SMILES string of the molecule is C[C@]1(O)C[C@](N)(c2ccc(Br)cc2)C1. The first kappa shape index (κ1) is 10.1. The van der Waals surface area contributed by atoms with Crippen molar-refractivity contribution in [2.45, 2.75) is 30.9 Å². The normalized spacial score (nSPS) is 36.6. The highest BCUT2D eigenvalue weighted by molar-refractivity contribution is 9.10. The van der Waals surface area contributed by atoms with Crippen LogP contribution in [0.25, 0.3) is 0 Å². The van der Waals surface area contributed by atoms with E-state index in [0.717, 1.165) is 10.0 Å². The van der Waals surface area contributed by atoms with Crippen LogP contribution in [0.1, 0.15) is 25.3 Å². The van der Waals surface area contributed by atoms with Crippen molar-refractivity contribution in [2.75, 3.05) is 0 Å². The van der Waals surface area contributed by atoms with E-state index in [1.807, 2.05) is 31.2 Å². The number of hydrogen-bond acceptors (Lipinski definition) is 2. The Hall–Kier alpha value is -0.380. The van der Waals surface area contributed by atoms with Gasteiger partial charge in [0.05, 0.1) is 5.60 Å². The van der Waals surface area contributed by atoms with Crippen molar-refractivity contribution in [2.24, 2.45) is 5.73 Å². The Morgan fingerprint density at radius 3 is 2.21 bits per heavy atom. The summed E-state index contributed by atoms with van der Waals surface area (Å²) in [7, 11) is 0. The molecule has 0 radical (unpaired) electrons. The Morgan fingerprint density at radius 1 is 1.29 bits per heavy atom. The lowest BCUT2D eigenvalue weighted by molar-refractivity contribution is -0.0738. The Morgan fingerprint density at radius 2 is 1.79 bits per heavy atom. The van der Waals surface area contributed by atoms with E-state index >= 15 is 0 Å². The van der Waals surface area contributed by atoms with Gasteiger partial charge in [0, 0.05) is 10.0 Å². The quantitative estimate of drug-likeness (QED) is 0.808. The van der Waals surface area contributed by atoms with Gasteiger partial charge in [-0.1, -0.05) is 28.1 Å². The second-order valence-electron chi connectivity index (χ2n) is 4.51. The topological polar surface area (TPSA) is 46.2 Å². The van der Waals surface area contributed by atoms with Gasteiger partial charge in [-0.05, 0) is 37.5 Å². The number of nitrogens with two attached hydrogens (primary N) is 1. The monoisotopic (exact) mass is 255 g/mol.